The van der Waals surface area contributed by atoms with Gasteiger partial charge in [0.25, 0.3) is 5.69 Å². The summed E-state index contributed by atoms with van der Waals surface area (Å²) < 4.78 is 47.8. The summed E-state index contributed by atoms with van der Waals surface area (Å²) in [5, 5.41) is 11.7. The molecule has 0 saturated carbocycles. The molecule has 0 unspecified atom stereocenters. The Labute approximate surface area is 223 Å². The molecule has 4 aromatic rings. The fourth-order valence-corrected chi connectivity index (χ4v) is 4.71. The second-order valence-electron chi connectivity index (χ2n) is 9.68. The number of hydrogen-bond acceptors (Lipinski definition) is 7. The lowest BCUT2D eigenvalue weighted by Gasteiger charge is -2.15. The molecule has 0 aliphatic carbocycles. The molecule has 0 spiro atoms. The number of rotatable bonds is 10. The lowest BCUT2D eigenvalue weighted by atomic mass is 10.1. The van der Waals surface area contributed by atoms with Gasteiger partial charge >= 0.3 is 0 Å². The number of pyridine rings is 2. The molecule has 9 nitrogen and oxygen atoms in total. The van der Waals surface area contributed by atoms with Gasteiger partial charge in [-0.3, -0.25) is 10.1 Å². The van der Waals surface area contributed by atoms with Crippen molar-refractivity contribution in [2.75, 3.05) is 13.7 Å². The predicted octanol–water partition coefficient (Wildman–Crippen LogP) is 7.05. The second-order valence-corrected chi connectivity index (χ2v) is 15.7. The molecule has 0 bridgehead atoms. The Bertz CT molecular complexity index is 1490. The summed E-state index contributed by atoms with van der Waals surface area (Å²) >= 11 is 6.32. The van der Waals surface area contributed by atoms with E-state index in [1.807, 2.05) is 0 Å². The molecule has 3 aromatic heterocycles. The Balaban J connectivity index is 1.81. The summed E-state index contributed by atoms with van der Waals surface area (Å²) in [7, 11) is 0.141. The maximum Gasteiger partial charge on any atom is 0.275 e. The van der Waals surface area contributed by atoms with Crippen LogP contribution in [-0.4, -0.2) is 41.2 Å². The van der Waals surface area contributed by atoms with Crippen LogP contribution in [0.25, 0.3) is 22.2 Å². The quantitative estimate of drug-likeness (QED) is 0.0882. The van der Waals surface area contributed by atoms with Crippen molar-refractivity contribution in [1.82, 2.24) is 14.5 Å². The average Bonchev–Trinajstić information content (AvgIpc) is 3.22. The Morgan fingerprint density at radius 3 is 2.47 bits per heavy atom. The number of fused-ring (bicyclic) bond motifs is 1. The van der Waals surface area contributed by atoms with Crippen molar-refractivity contribution in [3.8, 4) is 28.5 Å². The molecule has 200 valence electrons. The third-order valence-electron chi connectivity index (χ3n) is 5.66. The molecular formula is C25H25ClF2N4O5Si. The van der Waals surface area contributed by atoms with Gasteiger partial charge in [-0.25, -0.2) is 18.7 Å². The molecule has 0 fully saturated rings. The van der Waals surface area contributed by atoms with Gasteiger partial charge in [0.2, 0.25) is 5.88 Å². The van der Waals surface area contributed by atoms with Crippen molar-refractivity contribution in [1.29, 1.82) is 0 Å². The lowest BCUT2D eigenvalue weighted by Crippen LogP contribution is -2.22. The van der Waals surface area contributed by atoms with Crippen molar-refractivity contribution in [3.05, 3.63) is 69.6 Å². The van der Waals surface area contributed by atoms with E-state index in [0.29, 0.717) is 40.9 Å². The topological polar surface area (TPSA) is 102 Å². The maximum atomic E-state index is 14.7. The first-order chi connectivity index (χ1) is 18.0. The third-order valence-corrected chi connectivity index (χ3v) is 7.64. The molecule has 13 heteroatoms. The summed E-state index contributed by atoms with van der Waals surface area (Å²) in [6.45, 7) is 7.50. The number of hydrogen-bond donors (Lipinski definition) is 0. The van der Waals surface area contributed by atoms with Crippen LogP contribution in [0.3, 0.4) is 0 Å². The minimum atomic E-state index is -1.30. The van der Waals surface area contributed by atoms with Crippen LogP contribution in [0.5, 0.6) is 17.4 Å². The van der Waals surface area contributed by atoms with Gasteiger partial charge in [0, 0.05) is 44.4 Å². The Hall–Kier alpha value is -3.61. The van der Waals surface area contributed by atoms with Gasteiger partial charge in [-0.1, -0.05) is 31.2 Å². The van der Waals surface area contributed by atoms with E-state index in [4.69, 9.17) is 25.8 Å². The van der Waals surface area contributed by atoms with Gasteiger partial charge in [-0.05, 0) is 18.2 Å². The molecule has 4 rings (SSSR count). The minimum absolute atomic E-state index is 0.0736. The van der Waals surface area contributed by atoms with Gasteiger partial charge in [0.15, 0.2) is 17.4 Å². The van der Waals surface area contributed by atoms with E-state index in [1.165, 1.54) is 19.4 Å². The number of ether oxygens (including phenoxy) is 3. The first-order valence-electron chi connectivity index (χ1n) is 11.6. The Kier molecular flexibility index (Phi) is 7.95. The minimum Gasteiger partial charge on any atom is -0.480 e. The van der Waals surface area contributed by atoms with Crippen molar-refractivity contribution in [3.63, 3.8) is 0 Å². The van der Waals surface area contributed by atoms with Crippen LogP contribution in [0.15, 0.2) is 42.9 Å². The third kappa shape index (κ3) is 5.92. The highest BCUT2D eigenvalue weighted by atomic mass is 35.5. The van der Waals surface area contributed by atoms with E-state index in [0.717, 1.165) is 6.04 Å². The largest absolute Gasteiger partial charge is 0.480 e. The normalized spacial score (nSPS) is 11.7. The summed E-state index contributed by atoms with van der Waals surface area (Å²) in [6, 6.07) is 5.26. The van der Waals surface area contributed by atoms with E-state index >= 15 is 0 Å². The molecule has 0 saturated heterocycles. The fourth-order valence-electron chi connectivity index (χ4n) is 3.71. The van der Waals surface area contributed by atoms with Crippen LogP contribution in [-0.2, 0) is 11.5 Å². The number of halogens is 3. The summed E-state index contributed by atoms with van der Waals surface area (Å²) in [4.78, 5) is 18.8. The Morgan fingerprint density at radius 2 is 1.87 bits per heavy atom. The van der Waals surface area contributed by atoms with Crippen LogP contribution in [0.1, 0.15) is 0 Å². The van der Waals surface area contributed by atoms with Gasteiger partial charge in [-0.2, -0.15) is 0 Å². The van der Waals surface area contributed by atoms with Gasteiger partial charge in [-0.15, -0.1) is 0 Å². The molecule has 0 radical (unpaired) electrons. The van der Waals surface area contributed by atoms with E-state index in [-0.39, 0.29) is 23.4 Å². The molecule has 38 heavy (non-hydrogen) atoms. The number of methoxy groups -OCH3 is 1. The molecule has 3 heterocycles. The van der Waals surface area contributed by atoms with E-state index in [9.17, 15) is 18.9 Å². The summed E-state index contributed by atoms with van der Waals surface area (Å²) in [6.07, 6.45) is 4.74. The summed E-state index contributed by atoms with van der Waals surface area (Å²) in [5.74, 6) is -2.90. The molecule has 0 amide bonds. The highest BCUT2D eigenvalue weighted by molar-refractivity contribution is 6.76. The molecule has 0 N–H and O–H groups in total. The van der Waals surface area contributed by atoms with Crippen molar-refractivity contribution in [2.45, 2.75) is 32.4 Å². The first-order valence-corrected chi connectivity index (χ1v) is 15.6. The highest BCUT2D eigenvalue weighted by Gasteiger charge is 2.23. The van der Waals surface area contributed by atoms with Crippen molar-refractivity contribution >= 4 is 36.4 Å². The van der Waals surface area contributed by atoms with E-state index in [1.54, 1.807) is 23.0 Å². The van der Waals surface area contributed by atoms with Crippen LogP contribution in [0.2, 0.25) is 30.7 Å². The van der Waals surface area contributed by atoms with Gasteiger partial charge < -0.3 is 18.8 Å². The predicted molar refractivity (Wildman–Crippen MR) is 142 cm³/mol. The molecular weight excluding hydrogens is 538 g/mol. The SMILES string of the molecule is COc1ncc(-c2cn(COCC[Si](C)(C)C)c3nccc(Oc4c(F)cc([N+](=O)[O-])cc4F)c23)cc1Cl. The number of aromatic nitrogens is 3. The summed E-state index contributed by atoms with van der Waals surface area (Å²) in [5.41, 5.74) is 0.842. The number of nitro groups is 1. The Morgan fingerprint density at radius 1 is 1.16 bits per heavy atom. The van der Waals surface area contributed by atoms with Crippen LogP contribution in [0.4, 0.5) is 14.5 Å². The smallest absolute Gasteiger partial charge is 0.275 e. The molecule has 1 aromatic carbocycles. The van der Waals surface area contributed by atoms with E-state index < -0.39 is 36.1 Å². The zero-order chi connectivity index (χ0) is 27.6. The molecule has 0 aliphatic heterocycles. The lowest BCUT2D eigenvalue weighted by molar-refractivity contribution is -0.385. The van der Waals surface area contributed by atoms with Crippen LogP contribution in [0, 0.1) is 21.7 Å². The highest BCUT2D eigenvalue weighted by Crippen LogP contribution is 2.41. The average molecular weight is 563 g/mol. The fraction of sp³-hybridized carbons (Fsp3) is 0.280. The number of benzene rings is 1. The number of non-ortho nitro benzene ring substituents is 1. The van der Waals surface area contributed by atoms with E-state index in [2.05, 4.69) is 29.6 Å². The monoisotopic (exact) mass is 562 g/mol. The van der Waals surface area contributed by atoms with Gasteiger partial charge in [0.1, 0.15) is 23.2 Å². The molecule has 0 aliphatic rings. The van der Waals surface area contributed by atoms with Crippen molar-refractivity contribution in [2.24, 2.45) is 0 Å². The van der Waals surface area contributed by atoms with Crippen molar-refractivity contribution < 1.29 is 27.9 Å². The zero-order valence-corrected chi connectivity index (χ0v) is 22.9. The zero-order valence-electron chi connectivity index (χ0n) is 21.1. The standard InChI is InChI=1S/C25H25ClF2N4O5Si/c1-35-25-18(26)9-15(12-30-25)17-13-31(14-36-7-8-38(2,3)4)24-22(17)21(5-6-29-24)37-23-19(27)10-16(32(33)34)11-20(23)28/h5-6,9-13H,7-8,14H2,1-4H3. The van der Waals surface area contributed by atoms with Crippen LogP contribution < -0.4 is 9.47 Å². The number of nitro benzene ring substituents is 1. The molecule has 0 atom stereocenters. The maximum absolute atomic E-state index is 14.7. The van der Waals surface area contributed by atoms with Gasteiger partial charge in [0.05, 0.1) is 29.6 Å². The first kappa shape index (κ1) is 27.4. The second kappa shape index (κ2) is 11.0. The number of nitrogens with zero attached hydrogens (tertiary/aromatic N) is 4. The van der Waals surface area contributed by atoms with Crippen LogP contribution >= 0.6 is 11.6 Å².